The van der Waals surface area contributed by atoms with Crippen molar-refractivity contribution in [1.29, 1.82) is 5.26 Å². The van der Waals surface area contributed by atoms with E-state index in [9.17, 15) is 14.9 Å². The lowest BCUT2D eigenvalue weighted by Crippen LogP contribution is -2.20. The predicted octanol–water partition coefficient (Wildman–Crippen LogP) is 6.18. The van der Waals surface area contributed by atoms with Crippen molar-refractivity contribution >= 4 is 52.5 Å². The van der Waals surface area contributed by atoms with Gasteiger partial charge in [0.2, 0.25) is 0 Å². The summed E-state index contributed by atoms with van der Waals surface area (Å²) < 4.78 is 10.6. The van der Waals surface area contributed by atoms with Crippen molar-refractivity contribution in [1.82, 2.24) is 0 Å². The molecule has 36 heavy (non-hydrogen) atoms. The fourth-order valence-electron chi connectivity index (χ4n) is 3.14. The molecule has 0 saturated carbocycles. The Bertz CT molecular complexity index is 1340. The fourth-order valence-corrected chi connectivity index (χ4v) is 3.76. The summed E-state index contributed by atoms with van der Waals surface area (Å²) in [5.41, 5.74) is 3.59. The van der Waals surface area contributed by atoms with Crippen LogP contribution >= 0.6 is 23.2 Å². The van der Waals surface area contributed by atoms with E-state index in [1.54, 1.807) is 30.3 Å². The topological polar surface area (TPSA) is 100 Å². The number of nitrogens with one attached hydrogen (secondary N) is 2. The van der Waals surface area contributed by atoms with Crippen LogP contribution in [0.25, 0.3) is 6.08 Å². The molecule has 2 amide bonds. The summed E-state index contributed by atoms with van der Waals surface area (Å²) in [6, 6.07) is 17.1. The van der Waals surface area contributed by atoms with Crippen LogP contribution in [0.2, 0.25) is 10.0 Å². The number of carbonyl (C=O) groups excluding carboxylic acids is 2. The first kappa shape index (κ1) is 26.6. The Morgan fingerprint density at radius 2 is 1.58 bits per heavy atom. The predicted molar refractivity (Wildman–Crippen MR) is 142 cm³/mol. The third-order valence-corrected chi connectivity index (χ3v) is 5.74. The van der Waals surface area contributed by atoms with Gasteiger partial charge in [0.25, 0.3) is 11.8 Å². The molecule has 0 aliphatic heterocycles. The van der Waals surface area contributed by atoms with Crippen LogP contribution in [-0.4, -0.2) is 25.5 Å². The maximum absolute atomic E-state index is 12.5. The van der Waals surface area contributed by atoms with Crippen molar-refractivity contribution in [3.63, 3.8) is 0 Å². The van der Waals surface area contributed by atoms with E-state index >= 15 is 0 Å². The molecule has 9 heteroatoms. The Morgan fingerprint density at radius 1 is 0.944 bits per heavy atom. The second-order valence-electron chi connectivity index (χ2n) is 7.80. The number of hydrogen-bond donors (Lipinski definition) is 2. The molecule has 0 heterocycles. The zero-order valence-corrected chi connectivity index (χ0v) is 21.3. The first-order chi connectivity index (χ1) is 17.2. The van der Waals surface area contributed by atoms with Gasteiger partial charge in [-0.1, -0.05) is 29.3 Å². The highest BCUT2D eigenvalue weighted by Gasteiger charge is 2.14. The Morgan fingerprint density at radius 3 is 2.17 bits per heavy atom. The standard InChI is InChI=1S/C27H23Cl2N3O4/c1-16-4-5-21(10-17(16)2)31-25(33)15-36-26-23(28)12-18(13-24(26)29)11-19(14-30)27(34)32-20-6-8-22(35-3)9-7-20/h4-13H,15H2,1-3H3,(H,31,33)(H,32,34)/b19-11-. The van der Waals surface area contributed by atoms with E-state index < -0.39 is 5.91 Å². The Hall–Kier alpha value is -3.99. The molecule has 0 fully saturated rings. The number of hydrogen-bond acceptors (Lipinski definition) is 5. The third-order valence-electron chi connectivity index (χ3n) is 5.18. The number of benzene rings is 3. The van der Waals surface area contributed by atoms with Gasteiger partial charge in [-0.15, -0.1) is 0 Å². The minimum absolute atomic E-state index is 0.118. The molecular formula is C27H23Cl2N3O4. The van der Waals surface area contributed by atoms with Crippen molar-refractivity contribution in [3.8, 4) is 17.6 Å². The lowest BCUT2D eigenvalue weighted by atomic mass is 10.1. The molecule has 0 spiro atoms. The Labute approximate surface area is 219 Å². The SMILES string of the molecule is COc1ccc(NC(=O)/C(C#N)=C\c2cc(Cl)c(OCC(=O)Nc3ccc(C)c(C)c3)c(Cl)c2)cc1. The number of anilines is 2. The number of nitrogens with zero attached hydrogens (tertiary/aromatic N) is 1. The second kappa shape index (κ2) is 12.1. The van der Waals surface area contributed by atoms with Crippen molar-refractivity contribution in [2.75, 3.05) is 24.4 Å². The molecule has 0 aliphatic rings. The van der Waals surface area contributed by atoms with Crippen molar-refractivity contribution in [3.05, 3.63) is 86.9 Å². The molecule has 3 aromatic rings. The summed E-state index contributed by atoms with van der Waals surface area (Å²) in [5.74, 6) is -0.222. The van der Waals surface area contributed by atoms with E-state index in [0.29, 0.717) is 22.7 Å². The molecule has 0 aliphatic carbocycles. The minimum Gasteiger partial charge on any atom is -0.497 e. The lowest BCUT2D eigenvalue weighted by Gasteiger charge is -2.12. The van der Waals surface area contributed by atoms with Crippen LogP contribution in [0.4, 0.5) is 11.4 Å². The molecule has 0 bridgehead atoms. The van der Waals surface area contributed by atoms with Gasteiger partial charge >= 0.3 is 0 Å². The maximum atomic E-state index is 12.5. The normalized spacial score (nSPS) is 10.8. The summed E-state index contributed by atoms with van der Waals surface area (Å²) in [6.07, 6.45) is 1.35. The Kier molecular flexibility index (Phi) is 8.96. The van der Waals surface area contributed by atoms with Gasteiger partial charge in [0.05, 0.1) is 17.2 Å². The zero-order chi connectivity index (χ0) is 26.2. The highest BCUT2D eigenvalue weighted by Crippen LogP contribution is 2.35. The summed E-state index contributed by atoms with van der Waals surface area (Å²) in [7, 11) is 1.54. The van der Waals surface area contributed by atoms with E-state index in [1.807, 2.05) is 32.0 Å². The fraction of sp³-hybridized carbons (Fsp3) is 0.148. The van der Waals surface area contributed by atoms with Gasteiger partial charge < -0.3 is 20.1 Å². The van der Waals surface area contributed by atoms with Gasteiger partial charge in [0.15, 0.2) is 12.4 Å². The number of carbonyl (C=O) groups is 2. The minimum atomic E-state index is -0.599. The highest BCUT2D eigenvalue weighted by molar-refractivity contribution is 6.37. The second-order valence-corrected chi connectivity index (χ2v) is 8.62. The first-order valence-corrected chi connectivity index (χ1v) is 11.5. The van der Waals surface area contributed by atoms with Crippen LogP contribution in [0, 0.1) is 25.2 Å². The van der Waals surface area contributed by atoms with Crippen molar-refractivity contribution in [2.45, 2.75) is 13.8 Å². The molecule has 2 N–H and O–H groups in total. The maximum Gasteiger partial charge on any atom is 0.266 e. The molecule has 0 saturated heterocycles. The van der Waals surface area contributed by atoms with E-state index in [2.05, 4.69) is 10.6 Å². The van der Waals surface area contributed by atoms with E-state index in [-0.39, 0.29) is 33.9 Å². The molecule has 0 atom stereocenters. The van der Waals surface area contributed by atoms with Crippen LogP contribution in [-0.2, 0) is 9.59 Å². The lowest BCUT2D eigenvalue weighted by molar-refractivity contribution is -0.118. The average molecular weight is 524 g/mol. The summed E-state index contributed by atoms with van der Waals surface area (Å²) in [5, 5.41) is 15.1. The number of aryl methyl sites for hydroxylation is 2. The monoisotopic (exact) mass is 523 g/mol. The Balaban J connectivity index is 1.68. The third kappa shape index (κ3) is 7.01. The molecule has 3 rings (SSSR count). The van der Waals surface area contributed by atoms with Gasteiger partial charge in [0.1, 0.15) is 17.4 Å². The number of nitriles is 1. The molecule has 184 valence electrons. The average Bonchev–Trinajstić information content (AvgIpc) is 2.84. The summed E-state index contributed by atoms with van der Waals surface area (Å²) >= 11 is 12.6. The van der Waals surface area contributed by atoms with E-state index in [4.69, 9.17) is 32.7 Å². The summed E-state index contributed by atoms with van der Waals surface area (Å²) in [6.45, 7) is 3.63. The van der Waals surface area contributed by atoms with Crippen LogP contribution in [0.5, 0.6) is 11.5 Å². The number of methoxy groups -OCH3 is 1. The highest BCUT2D eigenvalue weighted by atomic mass is 35.5. The quantitative estimate of drug-likeness (QED) is 0.271. The van der Waals surface area contributed by atoms with E-state index in [0.717, 1.165) is 11.1 Å². The molecular weight excluding hydrogens is 501 g/mol. The smallest absolute Gasteiger partial charge is 0.266 e. The van der Waals surface area contributed by atoms with Crippen LogP contribution < -0.4 is 20.1 Å². The first-order valence-electron chi connectivity index (χ1n) is 10.8. The largest absolute Gasteiger partial charge is 0.497 e. The molecule has 0 aromatic heterocycles. The van der Waals surface area contributed by atoms with Crippen molar-refractivity contribution in [2.24, 2.45) is 0 Å². The number of ether oxygens (including phenoxy) is 2. The number of rotatable bonds is 8. The zero-order valence-electron chi connectivity index (χ0n) is 19.8. The van der Waals surface area contributed by atoms with Gasteiger partial charge in [-0.3, -0.25) is 9.59 Å². The molecule has 0 unspecified atom stereocenters. The number of amides is 2. The van der Waals surface area contributed by atoms with Gasteiger partial charge in [0, 0.05) is 11.4 Å². The molecule has 0 radical (unpaired) electrons. The molecule has 3 aromatic carbocycles. The van der Waals surface area contributed by atoms with Gasteiger partial charge in [-0.2, -0.15) is 5.26 Å². The van der Waals surface area contributed by atoms with Crippen molar-refractivity contribution < 1.29 is 19.1 Å². The van der Waals surface area contributed by atoms with Crippen LogP contribution in [0.1, 0.15) is 16.7 Å². The van der Waals surface area contributed by atoms with Gasteiger partial charge in [-0.25, -0.2) is 0 Å². The van der Waals surface area contributed by atoms with E-state index in [1.165, 1.54) is 25.3 Å². The van der Waals surface area contributed by atoms with Gasteiger partial charge in [-0.05, 0) is 85.1 Å². The van der Waals surface area contributed by atoms with Crippen LogP contribution in [0.15, 0.2) is 60.2 Å². The van der Waals surface area contributed by atoms with Crippen LogP contribution in [0.3, 0.4) is 0 Å². The summed E-state index contributed by atoms with van der Waals surface area (Å²) in [4.78, 5) is 24.8. The number of halogens is 2. The molecule has 7 nitrogen and oxygen atoms in total.